The summed E-state index contributed by atoms with van der Waals surface area (Å²) < 4.78 is 0. The lowest BCUT2D eigenvalue weighted by Crippen LogP contribution is -2.45. The van der Waals surface area contributed by atoms with Crippen molar-refractivity contribution < 1.29 is 9.59 Å². The third-order valence-corrected chi connectivity index (χ3v) is 6.72. The number of piperazine rings is 1. The first-order valence-electron chi connectivity index (χ1n) is 11.8. The van der Waals surface area contributed by atoms with Crippen molar-refractivity contribution in [3.05, 3.63) is 76.7 Å². The zero-order valence-electron chi connectivity index (χ0n) is 19.6. The molecule has 174 valence electrons. The van der Waals surface area contributed by atoms with Crippen molar-refractivity contribution in [2.75, 3.05) is 38.0 Å². The number of likely N-dealkylation sites (N-methyl/N-ethyl adjacent to an activating group) is 1. The zero-order valence-corrected chi connectivity index (χ0v) is 19.6. The first-order chi connectivity index (χ1) is 16.5. The van der Waals surface area contributed by atoms with E-state index in [-0.39, 0.29) is 0 Å². The largest absolute Gasteiger partial charge is 0.360 e. The molecule has 7 nitrogen and oxygen atoms in total. The van der Waals surface area contributed by atoms with Crippen LogP contribution in [0, 0.1) is 0 Å². The Bertz CT molecular complexity index is 1410. The summed E-state index contributed by atoms with van der Waals surface area (Å²) in [5, 5.41) is 5.41. The molecule has 1 amide bonds. The molecule has 0 spiro atoms. The van der Waals surface area contributed by atoms with Crippen LogP contribution in [0.5, 0.6) is 0 Å². The second-order valence-electron chi connectivity index (χ2n) is 8.84. The van der Waals surface area contributed by atoms with Crippen LogP contribution >= 0.6 is 0 Å². The molecule has 0 atom stereocenters. The number of ketones is 1. The van der Waals surface area contributed by atoms with E-state index in [4.69, 9.17) is 4.99 Å². The van der Waals surface area contributed by atoms with Crippen LogP contribution in [0.25, 0.3) is 16.5 Å². The number of benzene rings is 2. The van der Waals surface area contributed by atoms with E-state index < -0.39 is 11.7 Å². The van der Waals surface area contributed by atoms with Gasteiger partial charge in [0.2, 0.25) is 0 Å². The van der Waals surface area contributed by atoms with Gasteiger partial charge in [-0.1, -0.05) is 30.7 Å². The van der Waals surface area contributed by atoms with E-state index in [2.05, 4.69) is 40.0 Å². The van der Waals surface area contributed by atoms with Crippen molar-refractivity contribution >= 4 is 33.9 Å². The van der Waals surface area contributed by atoms with E-state index in [0.29, 0.717) is 11.3 Å². The zero-order chi connectivity index (χ0) is 23.7. The maximum absolute atomic E-state index is 12.8. The number of allylic oxidation sites excluding steroid dienone is 1. The van der Waals surface area contributed by atoms with E-state index in [1.807, 2.05) is 42.5 Å². The molecule has 2 aliphatic rings. The number of amides is 1. The number of nitrogens with zero attached hydrogens (tertiary/aromatic N) is 3. The Labute approximate surface area is 198 Å². The van der Waals surface area contributed by atoms with E-state index in [1.54, 1.807) is 6.20 Å². The van der Waals surface area contributed by atoms with Gasteiger partial charge in [0.05, 0.1) is 10.9 Å². The number of aromatic amines is 1. The second kappa shape index (κ2) is 9.27. The van der Waals surface area contributed by atoms with Crippen LogP contribution in [0.2, 0.25) is 0 Å². The molecule has 2 aliphatic heterocycles. The quantitative estimate of drug-likeness (QED) is 0.458. The Hall–Kier alpha value is -3.71. The van der Waals surface area contributed by atoms with Crippen LogP contribution in [0.1, 0.15) is 30.6 Å². The maximum atomic E-state index is 12.8. The predicted octanol–water partition coefficient (Wildman–Crippen LogP) is 2.66. The van der Waals surface area contributed by atoms with Gasteiger partial charge in [0.25, 0.3) is 11.7 Å². The Kier molecular flexibility index (Phi) is 6.02. The highest BCUT2D eigenvalue weighted by Crippen LogP contribution is 2.19. The Morgan fingerprint density at radius 2 is 1.88 bits per heavy atom. The number of carbonyl (C=O) groups is 2. The SMILES string of the molecule is CCN1CCN(C2=CCC(C)=c3cc(NC(=O)C(=O)c4c[nH]c5ccccc45)ccc3=N2)CC1. The molecule has 2 N–H and O–H groups in total. The molecule has 0 saturated carbocycles. The number of rotatable bonds is 5. The van der Waals surface area contributed by atoms with Crippen molar-refractivity contribution in [3.8, 4) is 0 Å². The van der Waals surface area contributed by atoms with Crippen LogP contribution in [-0.2, 0) is 4.79 Å². The van der Waals surface area contributed by atoms with E-state index in [1.165, 1.54) is 5.57 Å². The molecule has 1 saturated heterocycles. The first-order valence-corrected chi connectivity index (χ1v) is 11.8. The van der Waals surface area contributed by atoms with Crippen LogP contribution in [0.15, 0.2) is 65.6 Å². The summed E-state index contributed by atoms with van der Waals surface area (Å²) in [6.07, 6.45) is 4.58. The lowest BCUT2D eigenvalue weighted by molar-refractivity contribution is -0.112. The molecule has 5 rings (SSSR count). The summed E-state index contributed by atoms with van der Waals surface area (Å²) in [6.45, 7) is 9.42. The minimum Gasteiger partial charge on any atom is -0.360 e. The molecular weight excluding hydrogens is 426 g/mol. The lowest BCUT2D eigenvalue weighted by atomic mass is 10.1. The van der Waals surface area contributed by atoms with Gasteiger partial charge in [-0.15, -0.1) is 0 Å². The fourth-order valence-electron chi connectivity index (χ4n) is 4.64. The average Bonchev–Trinajstić information content (AvgIpc) is 3.23. The lowest BCUT2D eigenvalue weighted by Gasteiger charge is -2.35. The number of anilines is 1. The summed E-state index contributed by atoms with van der Waals surface area (Å²) >= 11 is 0. The fourth-order valence-corrected chi connectivity index (χ4v) is 4.64. The van der Waals surface area contributed by atoms with E-state index >= 15 is 0 Å². The Morgan fingerprint density at radius 1 is 1.09 bits per heavy atom. The number of carbonyl (C=O) groups excluding carboxylic acids is 2. The Morgan fingerprint density at radius 3 is 2.68 bits per heavy atom. The number of hydrogen-bond acceptors (Lipinski definition) is 5. The monoisotopic (exact) mass is 455 g/mol. The highest BCUT2D eigenvalue weighted by Gasteiger charge is 2.21. The number of hydrogen-bond donors (Lipinski definition) is 2. The minimum atomic E-state index is -0.652. The molecule has 3 heterocycles. The number of aromatic nitrogens is 1. The highest BCUT2D eigenvalue weighted by atomic mass is 16.2. The summed E-state index contributed by atoms with van der Waals surface area (Å²) in [7, 11) is 0. The molecule has 7 heteroatoms. The summed E-state index contributed by atoms with van der Waals surface area (Å²) in [5.74, 6) is -0.200. The Balaban J connectivity index is 1.37. The van der Waals surface area contributed by atoms with Gasteiger partial charge in [-0.25, -0.2) is 4.99 Å². The fraction of sp³-hybridized carbons (Fsp3) is 0.296. The number of fused-ring (bicyclic) bond motifs is 2. The summed E-state index contributed by atoms with van der Waals surface area (Å²) in [5.41, 5.74) is 2.97. The third-order valence-electron chi connectivity index (χ3n) is 6.72. The molecule has 1 fully saturated rings. The topological polar surface area (TPSA) is 80.8 Å². The number of Topliss-reactive ketones (excluding diaryl/α,β-unsaturated/α-hetero) is 1. The highest BCUT2D eigenvalue weighted by molar-refractivity contribution is 6.48. The van der Waals surface area contributed by atoms with Crippen LogP contribution in [0.3, 0.4) is 0 Å². The minimum absolute atomic E-state index is 0.373. The standard InChI is InChI=1S/C27H29N5O2/c1-3-31-12-14-32(15-13-31)25-11-8-18(2)21-16-19(9-10-24(21)30-25)29-27(34)26(33)22-17-28-23-7-5-4-6-20(22)23/h4-7,9-11,16-17,28H,3,8,12-15H2,1-2H3,(H,29,34). The van der Waals surface area contributed by atoms with Crippen LogP contribution in [0.4, 0.5) is 5.69 Å². The molecule has 0 aliphatic carbocycles. The van der Waals surface area contributed by atoms with Crippen molar-refractivity contribution in [3.63, 3.8) is 0 Å². The van der Waals surface area contributed by atoms with E-state index in [0.717, 1.165) is 66.4 Å². The molecular formula is C27H29N5O2. The molecule has 0 unspecified atom stereocenters. The molecule has 0 bridgehead atoms. The van der Waals surface area contributed by atoms with Gasteiger partial charge < -0.3 is 20.1 Å². The number of nitrogens with one attached hydrogen (secondary N) is 2. The van der Waals surface area contributed by atoms with Crippen molar-refractivity contribution in [1.29, 1.82) is 0 Å². The van der Waals surface area contributed by atoms with Gasteiger partial charge in [0.1, 0.15) is 5.82 Å². The first kappa shape index (κ1) is 22.1. The van der Waals surface area contributed by atoms with Crippen molar-refractivity contribution in [2.45, 2.75) is 20.3 Å². The van der Waals surface area contributed by atoms with Crippen LogP contribution in [-0.4, -0.2) is 59.2 Å². The van der Waals surface area contributed by atoms with E-state index in [9.17, 15) is 9.59 Å². The second-order valence-corrected chi connectivity index (χ2v) is 8.84. The third kappa shape index (κ3) is 4.26. The maximum Gasteiger partial charge on any atom is 0.296 e. The van der Waals surface area contributed by atoms with Crippen molar-refractivity contribution in [2.24, 2.45) is 4.99 Å². The van der Waals surface area contributed by atoms with Gasteiger partial charge in [-0.05, 0) is 50.2 Å². The molecule has 34 heavy (non-hydrogen) atoms. The van der Waals surface area contributed by atoms with Crippen molar-refractivity contribution in [1.82, 2.24) is 14.8 Å². The molecule has 2 aromatic carbocycles. The number of H-pyrrole nitrogens is 1. The van der Waals surface area contributed by atoms with Gasteiger partial charge in [0, 0.05) is 54.2 Å². The van der Waals surface area contributed by atoms with Gasteiger partial charge >= 0.3 is 0 Å². The van der Waals surface area contributed by atoms with Gasteiger partial charge in [-0.3, -0.25) is 9.59 Å². The molecule has 0 radical (unpaired) electrons. The van der Waals surface area contributed by atoms with Gasteiger partial charge in [-0.2, -0.15) is 0 Å². The molecule has 1 aromatic heterocycles. The smallest absolute Gasteiger partial charge is 0.296 e. The normalized spacial score (nSPS) is 16.5. The average molecular weight is 456 g/mol. The van der Waals surface area contributed by atoms with Crippen LogP contribution < -0.4 is 15.9 Å². The van der Waals surface area contributed by atoms with Gasteiger partial charge in [0.15, 0.2) is 0 Å². The molecule has 3 aromatic rings. The summed E-state index contributed by atoms with van der Waals surface area (Å²) in [4.78, 5) is 38.4. The number of para-hydroxylation sites is 1. The summed E-state index contributed by atoms with van der Waals surface area (Å²) in [6, 6.07) is 13.1. The predicted molar refractivity (Wildman–Crippen MR) is 134 cm³/mol.